The van der Waals surface area contributed by atoms with E-state index in [2.05, 4.69) is 15.9 Å². The van der Waals surface area contributed by atoms with Crippen LogP contribution in [0.4, 0.5) is 4.39 Å². The molecule has 2 saturated heterocycles. The number of rotatable bonds is 4. The highest BCUT2D eigenvalue weighted by Crippen LogP contribution is 2.44. The average Bonchev–Trinajstić information content (AvgIpc) is 3.49. The van der Waals surface area contributed by atoms with E-state index in [1.54, 1.807) is 12.1 Å². The Bertz CT molecular complexity index is 898. The third-order valence-electron chi connectivity index (χ3n) is 6.82. The lowest BCUT2D eigenvalue weighted by molar-refractivity contribution is -0.134. The van der Waals surface area contributed by atoms with Crippen molar-refractivity contribution in [2.75, 3.05) is 19.6 Å². The van der Waals surface area contributed by atoms with Gasteiger partial charge >= 0.3 is 0 Å². The van der Waals surface area contributed by atoms with E-state index >= 15 is 0 Å². The van der Waals surface area contributed by atoms with Crippen LogP contribution in [0.1, 0.15) is 36.3 Å². The Morgan fingerprint density at radius 3 is 2.59 bits per heavy atom. The number of hydrogen-bond acceptors (Lipinski definition) is 2. The van der Waals surface area contributed by atoms with Crippen LogP contribution in [0.2, 0.25) is 5.02 Å². The molecule has 3 nitrogen and oxygen atoms in total. The number of carbonyl (C=O) groups excluding carboxylic acids is 1. The molecule has 0 aromatic heterocycles. The molecule has 3 fully saturated rings. The van der Waals surface area contributed by atoms with E-state index in [0.29, 0.717) is 17.9 Å². The molecule has 1 aliphatic carbocycles. The maximum atomic E-state index is 13.5. The van der Waals surface area contributed by atoms with Gasteiger partial charge in [-0.2, -0.15) is 0 Å². The second-order valence-corrected chi connectivity index (χ2v) is 9.24. The molecule has 5 heteroatoms. The predicted molar refractivity (Wildman–Crippen MR) is 112 cm³/mol. The van der Waals surface area contributed by atoms with E-state index in [1.165, 1.54) is 5.56 Å². The molecule has 0 spiro atoms. The van der Waals surface area contributed by atoms with Crippen molar-refractivity contribution in [1.82, 2.24) is 9.80 Å². The summed E-state index contributed by atoms with van der Waals surface area (Å²) in [5.41, 5.74) is 2.37. The molecule has 2 aromatic carbocycles. The van der Waals surface area contributed by atoms with Gasteiger partial charge in [-0.15, -0.1) is 0 Å². The maximum Gasteiger partial charge on any atom is 0.225 e. The molecule has 2 heterocycles. The Morgan fingerprint density at radius 2 is 1.86 bits per heavy atom. The normalized spacial score (nSPS) is 27.1. The second kappa shape index (κ2) is 7.73. The number of piperidine rings is 1. The highest BCUT2D eigenvalue weighted by atomic mass is 35.5. The van der Waals surface area contributed by atoms with E-state index in [0.717, 1.165) is 56.0 Å². The van der Waals surface area contributed by atoms with Gasteiger partial charge in [-0.05, 0) is 54.7 Å². The minimum absolute atomic E-state index is 0.208. The first-order valence-electron chi connectivity index (χ1n) is 10.6. The van der Waals surface area contributed by atoms with Crippen molar-refractivity contribution in [2.24, 2.45) is 11.8 Å². The third kappa shape index (κ3) is 3.93. The maximum absolute atomic E-state index is 13.5. The molecule has 152 valence electrons. The number of halogens is 2. The number of carbonyl (C=O) groups is 1. The van der Waals surface area contributed by atoms with Gasteiger partial charge in [0, 0.05) is 55.0 Å². The minimum atomic E-state index is -0.208. The van der Waals surface area contributed by atoms with Gasteiger partial charge in [0.1, 0.15) is 5.82 Å². The molecule has 0 N–H and O–H groups in total. The van der Waals surface area contributed by atoms with Gasteiger partial charge < -0.3 is 4.90 Å². The van der Waals surface area contributed by atoms with Crippen molar-refractivity contribution in [2.45, 2.75) is 37.8 Å². The molecule has 3 atom stereocenters. The number of benzene rings is 2. The summed E-state index contributed by atoms with van der Waals surface area (Å²) in [6.07, 6.45) is 3.07. The van der Waals surface area contributed by atoms with Crippen molar-refractivity contribution < 1.29 is 9.18 Å². The van der Waals surface area contributed by atoms with Gasteiger partial charge in [0.25, 0.3) is 0 Å². The van der Waals surface area contributed by atoms with E-state index in [-0.39, 0.29) is 17.7 Å². The molecular formula is C24H26ClFN2O. The van der Waals surface area contributed by atoms with Crippen LogP contribution in [0.5, 0.6) is 0 Å². The molecule has 0 unspecified atom stereocenters. The number of hydrogen-bond donors (Lipinski definition) is 0. The molecule has 1 amide bonds. The summed E-state index contributed by atoms with van der Waals surface area (Å²) >= 11 is 6.16. The molecular weight excluding hydrogens is 387 g/mol. The summed E-state index contributed by atoms with van der Waals surface area (Å²) in [7, 11) is 0. The van der Waals surface area contributed by atoms with Crippen LogP contribution in [-0.4, -0.2) is 41.4 Å². The first-order chi connectivity index (χ1) is 14.1. The Labute approximate surface area is 176 Å². The minimum Gasteiger partial charge on any atom is -0.338 e. The Kier molecular flexibility index (Phi) is 5.09. The Hall–Kier alpha value is -1.91. The first kappa shape index (κ1) is 19.1. The number of likely N-dealkylation sites (tertiary alicyclic amines) is 2. The highest BCUT2D eigenvalue weighted by molar-refractivity contribution is 6.30. The quantitative estimate of drug-likeness (QED) is 0.726. The van der Waals surface area contributed by atoms with Gasteiger partial charge in [0.2, 0.25) is 5.91 Å². The zero-order valence-electron chi connectivity index (χ0n) is 16.4. The zero-order chi connectivity index (χ0) is 20.0. The summed E-state index contributed by atoms with van der Waals surface area (Å²) in [6.45, 7) is 3.57. The summed E-state index contributed by atoms with van der Waals surface area (Å²) in [5, 5.41) is 0.767. The third-order valence-corrected chi connectivity index (χ3v) is 7.05. The van der Waals surface area contributed by atoms with E-state index in [4.69, 9.17) is 11.6 Å². The van der Waals surface area contributed by atoms with Gasteiger partial charge in [-0.25, -0.2) is 4.39 Å². The summed E-state index contributed by atoms with van der Waals surface area (Å²) in [5.74, 6) is 1.03. The molecule has 0 radical (unpaired) electrons. The van der Waals surface area contributed by atoms with Crippen LogP contribution in [0.15, 0.2) is 48.5 Å². The molecule has 2 aliphatic heterocycles. The van der Waals surface area contributed by atoms with Crippen molar-refractivity contribution >= 4 is 17.5 Å². The fourth-order valence-corrected chi connectivity index (χ4v) is 5.44. The molecule has 29 heavy (non-hydrogen) atoms. The first-order valence-corrected chi connectivity index (χ1v) is 11.0. The largest absolute Gasteiger partial charge is 0.338 e. The lowest BCUT2D eigenvalue weighted by Gasteiger charge is -2.39. The van der Waals surface area contributed by atoms with Gasteiger partial charge in [-0.3, -0.25) is 9.69 Å². The number of amides is 1. The van der Waals surface area contributed by atoms with Gasteiger partial charge in [-0.1, -0.05) is 35.9 Å². The summed E-state index contributed by atoms with van der Waals surface area (Å²) in [4.78, 5) is 17.6. The Morgan fingerprint density at radius 1 is 1.07 bits per heavy atom. The van der Waals surface area contributed by atoms with Crippen molar-refractivity contribution in [3.05, 3.63) is 70.5 Å². The summed E-state index contributed by atoms with van der Waals surface area (Å²) < 4.78 is 13.5. The van der Waals surface area contributed by atoms with Crippen LogP contribution in [-0.2, 0) is 11.3 Å². The van der Waals surface area contributed by atoms with Crippen molar-refractivity contribution in [1.29, 1.82) is 0 Å². The lowest BCUT2D eigenvalue weighted by atomic mass is 9.81. The molecule has 2 aromatic rings. The van der Waals surface area contributed by atoms with Crippen molar-refractivity contribution in [3.63, 3.8) is 0 Å². The monoisotopic (exact) mass is 412 g/mol. The number of fused-ring (bicyclic) bond motifs is 1. The van der Waals surface area contributed by atoms with E-state index in [1.807, 2.05) is 30.3 Å². The fourth-order valence-electron chi connectivity index (χ4n) is 5.22. The Balaban J connectivity index is 1.38. The van der Waals surface area contributed by atoms with E-state index < -0.39 is 0 Å². The topological polar surface area (TPSA) is 23.6 Å². The van der Waals surface area contributed by atoms with Gasteiger partial charge in [0.05, 0.1) is 0 Å². The van der Waals surface area contributed by atoms with Crippen molar-refractivity contribution in [3.8, 4) is 0 Å². The van der Waals surface area contributed by atoms with Gasteiger partial charge in [0.15, 0.2) is 0 Å². The molecule has 5 rings (SSSR count). The predicted octanol–water partition coefficient (Wildman–Crippen LogP) is 4.71. The smallest absolute Gasteiger partial charge is 0.225 e. The van der Waals surface area contributed by atoms with Crippen LogP contribution in [0, 0.1) is 17.7 Å². The van der Waals surface area contributed by atoms with E-state index in [9.17, 15) is 9.18 Å². The van der Waals surface area contributed by atoms with Crippen LogP contribution in [0.25, 0.3) is 0 Å². The molecule has 0 bridgehead atoms. The lowest BCUT2D eigenvalue weighted by Crippen LogP contribution is -2.48. The standard InChI is InChI=1S/C24H26ClFN2O/c25-19-3-1-2-16(12-19)13-27-11-10-23-22(14-27)21(17-6-8-20(26)9-7-17)15-28(23)24(29)18-4-5-18/h1-3,6-9,12,18,21-23H,4-5,10-11,13-15H2/t21-,22-,23-/m1/s1. The SMILES string of the molecule is O=C(C1CC1)N1C[C@H](c2ccc(F)cc2)[C@H]2CN(Cc3cccc(Cl)c3)CC[C@H]21. The zero-order valence-corrected chi connectivity index (χ0v) is 17.2. The van der Waals surface area contributed by atoms with Crippen LogP contribution >= 0.6 is 11.6 Å². The second-order valence-electron chi connectivity index (χ2n) is 8.81. The molecule has 3 aliphatic rings. The molecule has 1 saturated carbocycles. The van der Waals surface area contributed by atoms with Crippen LogP contribution < -0.4 is 0 Å². The average molecular weight is 413 g/mol. The highest BCUT2D eigenvalue weighted by Gasteiger charge is 2.49. The number of nitrogens with zero attached hydrogens (tertiary/aromatic N) is 2. The fraction of sp³-hybridized carbons (Fsp3) is 0.458. The van der Waals surface area contributed by atoms with Crippen LogP contribution in [0.3, 0.4) is 0 Å². The summed E-state index contributed by atoms with van der Waals surface area (Å²) in [6, 6.07) is 15.2.